The lowest BCUT2D eigenvalue weighted by Gasteiger charge is -2.43. The molecule has 0 spiro atoms. The summed E-state index contributed by atoms with van der Waals surface area (Å²) in [5.41, 5.74) is 0. The molecule has 2 rings (SSSR count). The molecule has 7 heteroatoms. The summed E-state index contributed by atoms with van der Waals surface area (Å²) in [5, 5.41) is 3.14. The number of ether oxygens (including phenoxy) is 3. The molecule has 0 heterocycles. The highest BCUT2D eigenvalue weighted by atomic mass is 19.4. The lowest BCUT2D eigenvalue weighted by Crippen LogP contribution is -2.60. The molecule has 0 aromatic heterocycles. The Labute approximate surface area is 121 Å². The van der Waals surface area contributed by atoms with Crippen LogP contribution < -0.4 is 14.8 Å². The number of alkyl halides is 3. The quantitative estimate of drug-likeness (QED) is 0.877. The highest BCUT2D eigenvalue weighted by Gasteiger charge is 2.42. The molecule has 0 radical (unpaired) electrons. The van der Waals surface area contributed by atoms with E-state index in [-0.39, 0.29) is 24.0 Å². The second-order valence-electron chi connectivity index (χ2n) is 4.73. The van der Waals surface area contributed by atoms with E-state index < -0.39 is 6.36 Å². The molecule has 1 aliphatic rings. The van der Waals surface area contributed by atoms with Crippen LogP contribution in [0, 0.1) is 0 Å². The molecular formula is C14H18F3NO3. The third-order valence-electron chi connectivity index (χ3n) is 3.32. The van der Waals surface area contributed by atoms with E-state index in [0.29, 0.717) is 12.4 Å². The number of benzene rings is 1. The van der Waals surface area contributed by atoms with E-state index >= 15 is 0 Å². The van der Waals surface area contributed by atoms with Crippen LogP contribution in [0.4, 0.5) is 13.2 Å². The van der Waals surface area contributed by atoms with Gasteiger partial charge < -0.3 is 19.5 Å². The van der Waals surface area contributed by atoms with Crippen molar-refractivity contribution in [1.29, 1.82) is 0 Å². The first kappa shape index (κ1) is 15.9. The average molecular weight is 305 g/mol. The number of hydrogen-bond acceptors (Lipinski definition) is 4. The molecule has 4 nitrogen and oxygen atoms in total. The maximum atomic E-state index is 12.1. The number of nitrogens with one attached hydrogen (secondary N) is 1. The molecule has 1 aromatic carbocycles. The Balaban J connectivity index is 1.91. The monoisotopic (exact) mass is 305 g/mol. The van der Waals surface area contributed by atoms with E-state index in [0.717, 1.165) is 6.42 Å². The molecule has 1 fully saturated rings. The molecule has 0 aliphatic heterocycles. The van der Waals surface area contributed by atoms with Crippen molar-refractivity contribution in [3.8, 4) is 11.5 Å². The van der Waals surface area contributed by atoms with Crippen molar-refractivity contribution in [3.05, 3.63) is 24.3 Å². The van der Waals surface area contributed by atoms with Gasteiger partial charge in [0.15, 0.2) is 0 Å². The average Bonchev–Trinajstić information content (AvgIpc) is 2.40. The zero-order valence-electron chi connectivity index (χ0n) is 11.8. The Hall–Kier alpha value is -1.47. The van der Waals surface area contributed by atoms with Gasteiger partial charge in [-0.3, -0.25) is 0 Å². The van der Waals surface area contributed by atoms with Gasteiger partial charge in [-0.25, -0.2) is 0 Å². The Morgan fingerprint density at radius 3 is 2.33 bits per heavy atom. The van der Waals surface area contributed by atoms with Gasteiger partial charge >= 0.3 is 6.36 Å². The molecule has 1 aliphatic carbocycles. The van der Waals surface area contributed by atoms with Gasteiger partial charge in [-0.05, 0) is 38.2 Å². The minimum Gasteiger partial charge on any atom is -0.488 e. The Bertz CT molecular complexity index is 450. The number of rotatable bonds is 6. The Morgan fingerprint density at radius 2 is 1.81 bits per heavy atom. The van der Waals surface area contributed by atoms with E-state index in [4.69, 9.17) is 9.47 Å². The van der Waals surface area contributed by atoms with Crippen LogP contribution in [0.2, 0.25) is 0 Å². The van der Waals surface area contributed by atoms with Crippen LogP contribution in [0.1, 0.15) is 13.3 Å². The van der Waals surface area contributed by atoms with Crippen LogP contribution in [0.25, 0.3) is 0 Å². The molecule has 1 aromatic rings. The number of halogens is 3. The highest BCUT2D eigenvalue weighted by molar-refractivity contribution is 5.31. The molecule has 0 saturated heterocycles. The maximum absolute atomic E-state index is 12.1. The second kappa shape index (κ2) is 6.53. The van der Waals surface area contributed by atoms with Crippen LogP contribution in [-0.4, -0.2) is 38.3 Å². The third kappa shape index (κ3) is 4.25. The predicted molar refractivity (Wildman–Crippen MR) is 70.4 cm³/mol. The van der Waals surface area contributed by atoms with Crippen molar-refractivity contribution in [2.24, 2.45) is 0 Å². The molecule has 21 heavy (non-hydrogen) atoms. The van der Waals surface area contributed by atoms with Crippen LogP contribution in [0.5, 0.6) is 11.5 Å². The molecule has 0 amide bonds. The summed E-state index contributed by atoms with van der Waals surface area (Å²) in [6.07, 6.45) is -4.04. The van der Waals surface area contributed by atoms with Crippen LogP contribution in [-0.2, 0) is 4.74 Å². The first-order valence-corrected chi connectivity index (χ1v) is 6.74. The van der Waals surface area contributed by atoms with E-state index in [1.807, 2.05) is 14.0 Å². The second-order valence-corrected chi connectivity index (χ2v) is 4.73. The largest absolute Gasteiger partial charge is 0.573 e. The smallest absolute Gasteiger partial charge is 0.488 e. The van der Waals surface area contributed by atoms with Crippen molar-refractivity contribution in [3.63, 3.8) is 0 Å². The van der Waals surface area contributed by atoms with Crippen molar-refractivity contribution < 1.29 is 27.4 Å². The molecule has 1 N–H and O–H groups in total. The zero-order valence-corrected chi connectivity index (χ0v) is 11.8. The predicted octanol–water partition coefficient (Wildman–Crippen LogP) is 2.73. The SMILES string of the molecule is CCOC1C(NC)CC1Oc1ccc(OC(F)(F)F)cc1. The molecule has 3 atom stereocenters. The molecule has 3 unspecified atom stereocenters. The molecular weight excluding hydrogens is 287 g/mol. The lowest BCUT2D eigenvalue weighted by atomic mass is 9.85. The summed E-state index contributed by atoms with van der Waals surface area (Å²) in [4.78, 5) is 0. The topological polar surface area (TPSA) is 39.7 Å². The zero-order chi connectivity index (χ0) is 15.5. The molecule has 1 saturated carbocycles. The minimum absolute atomic E-state index is 0.0499. The fourth-order valence-electron chi connectivity index (χ4n) is 2.29. The van der Waals surface area contributed by atoms with E-state index in [2.05, 4.69) is 10.1 Å². The van der Waals surface area contributed by atoms with Gasteiger partial charge in [0.1, 0.15) is 23.7 Å². The van der Waals surface area contributed by atoms with Crippen LogP contribution >= 0.6 is 0 Å². The van der Waals surface area contributed by atoms with Crippen molar-refractivity contribution in [2.75, 3.05) is 13.7 Å². The third-order valence-corrected chi connectivity index (χ3v) is 3.32. The number of likely N-dealkylation sites (N-methyl/N-ethyl adjacent to an activating group) is 1. The Morgan fingerprint density at radius 1 is 1.19 bits per heavy atom. The summed E-state index contributed by atoms with van der Waals surface area (Å²) in [6.45, 7) is 2.49. The highest BCUT2D eigenvalue weighted by Crippen LogP contribution is 2.30. The summed E-state index contributed by atoms with van der Waals surface area (Å²) in [7, 11) is 1.86. The maximum Gasteiger partial charge on any atom is 0.573 e. The van der Waals surface area contributed by atoms with Crippen LogP contribution in [0.15, 0.2) is 24.3 Å². The minimum atomic E-state index is -4.68. The summed E-state index contributed by atoms with van der Waals surface area (Å²) >= 11 is 0. The molecule has 0 bridgehead atoms. The van der Waals surface area contributed by atoms with Gasteiger partial charge in [0.2, 0.25) is 0 Å². The first-order valence-electron chi connectivity index (χ1n) is 6.74. The summed E-state index contributed by atoms with van der Waals surface area (Å²) < 4.78 is 51.3. The fourth-order valence-corrected chi connectivity index (χ4v) is 2.29. The van der Waals surface area contributed by atoms with Crippen molar-refractivity contribution in [2.45, 2.75) is 38.0 Å². The van der Waals surface area contributed by atoms with Gasteiger partial charge in [0, 0.05) is 19.1 Å². The van der Waals surface area contributed by atoms with Gasteiger partial charge in [-0.1, -0.05) is 0 Å². The normalized spacial score (nSPS) is 25.3. The molecule has 118 valence electrons. The van der Waals surface area contributed by atoms with Gasteiger partial charge in [-0.2, -0.15) is 0 Å². The first-order chi connectivity index (χ1) is 9.93. The van der Waals surface area contributed by atoms with Crippen LogP contribution in [0.3, 0.4) is 0 Å². The van der Waals surface area contributed by atoms with Gasteiger partial charge in [-0.15, -0.1) is 13.2 Å². The van der Waals surface area contributed by atoms with E-state index in [1.165, 1.54) is 24.3 Å². The van der Waals surface area contributed by atoms with E-state index in [1.54, 1.807) is 0 Å². The number of hydrogen-bond donors (Lipinski definition) is 1. The lowest BCUT2D eigenvalue weighted by molar-refractivity contribution is -0.274. The van der Waals surface area contributed by atoms with Crippen molar-refractivity contribution in [1.82, 2.24) is 5.32 Å². The summed E-state index contributed by atoms with van der Waals surface area (Å²) in [6, 6.07) is 5.61. The van der Waals surface area contributed by atoms with Gasteiger partial charge in [0.05, 0.1) is 0 Å². The summed E-state index contributed by atoms with van der Waals surface area (Å²) in [5.74, 6) is 0.228. The van der Waals surface area contributed by atoms with Crippen molar-refractivity contribution >= 4 is 0 Å². The Kier molecular flexibility index (Phi) is 4.95. The fraction of sp³-hybridized carbons (Fsp3) is 0.571. The standard InChI is InChI=1S/C14H18F3NO3/c1-3-19-13-11(18-2)8-12(13)20-9-4-6-10(7-5-9)21-14(15,16)17/h4-7,11-13,18H,3,8H2,1-2H3. The van der Waals surface area contributed by atoms with Gasteiger partial charge in [0.25, 0.3) is 0 Å². The van der Waals surface area contributed by atoms with E-state index in [9.17, 15) is 13.2 Å².